The highest BCUT2D eigenvalue weighted by molar-refractivity contribution is 5.66. The Balaban J connectivity index is 2.48. The molecule has 0 bridgehead atoms. The van der Waals surface area contributed by atoms with E-state index < -0.39 is 5.97 Å². The standard InChI is InChI=1S/C8H12N2O3/c1-5-4-7(10-13-5)6(9)2-3-8(11)12/h4,6H,2-3,9H2,1H3,(H,11,12). The van der Waals surface area contributed by atoms with Crippen molar-refractivity contribution in [2.45, 2.75) is 25.8 Å². The molecule has 1 unspecified atom stereocenters. The molecule has 5 nitrogen and oxygen atoms in total. The zero-order valence-electron chi connectivity index (χ0n) is 7.36. The van der Waals surface area contributed by atoms with Crippen LogP contribution in [-0.2, 0) is 4.79 Å². The van der Waals surface area contributed by atoms with Crippen LogP contribution in [0.5, 0.6) is 0 Å². The van der Waals surface area contributed by atoms with Crippen molar-refractivity contribution in [1.29, 1.82) is 0 Å². The van der Waals surface area contributed by atoms with E-state index in [1.165, 1.54) is 0 Å². The van der Waals surface area contributed by atoms with Crippen molar-refractivity contribution in [2.24, 2.45) is 5.73 Å². The molecule has 1 rings (SSSR count). The first kappa shape index (κ1) is 9.73. The number of aryl methyl sites for hydroxylation is 1. The summed E-state index contributed by atoms with van der Waals surface area (Å²) in [5.41, 5.74) is 6.28. The number of rotatable bonds is 4. The molecule has 0 aliphatic heterocycles. The van der Waals surface area contributed by atoms with Gasteiger partial charge < -0.3 is 15.4 Å². The van der Waals surface area contributed by atoms with Gasteiger partial charge >= 0.3 is 5.97 Å². The van der Waals surface area contributed by atoms with Crippen molar-refractivity contribution in [2.75, 3.05) is 0 Å². The molecule has 0 fully saturated rings. The summed E-state index contributed by atoms with van der Waals surface area (Å²) in [7, 11) is 0. The zero-order valence-corrected chi connectivity index (χ0v) is 7.36. The Morgan fingerprint density at radius 2 is 2.54 bits per heavy atom. The molecule has 0 amide bonds. The second kappa shape index (κ2) is 4.04. The number of nitrogens with zero attached hydrogens (tertiary/aromatic N) is 1. The van der Waals surface area contributed by atoms with Gasteiger partial charge in [0, 0.05) is 12.5 Å². The minimum Gasteiger partial charge on any atom is -0.481 e. The van der Waals surface area contributed by atoms with Gasteiger partial charge in [-0.1, -0.05) is 5.16 Å². The van der Waals surface area contributed by atoms with Crippen molar-refractivity contribution >= 4 is 5.97 Å². The normalized spacial score (nSPS) is 12.8. The molecule has 0 spiro atoms. The first-order valence-corrected chi connectivity index (χ1v) is 4.00. The number of hydrogen-bond acceptors (Lipinski definition) is 4. The first-order chi connectivity index (χ1) is 6.09. The van der Waals surface area contributed by atoms with Crippen LogP contribution >= 0.6 is 0 Å². The third-order valence-corrected chi connectivity index (χ3v) is 1.70. The third kappa shape index (κ3) is 2.87. The Bertz CT molecular complexity index is 295. The molecule has 1 heterocycles. The predicted octanol–water partition coefficient (Wildman–Crippen LogP) is 0.848. The Labute approximate surface area is 75.5 Å². The van der Waals surface area contributed by atoms with Crippen LogP contribution in [0.25, 0.3) is 0 Å². The minimum absolute atomic E-state index is 0.0487. The van der Waals surface area contributed by atoms with Crippen LogP contribution in [0.1, 0.15) is 30.3 Å². The lowest BCUT2D eigenvalue weighted by Gasteiger charge is -2.04. The highest BCUT2D eigenvalue weighted by Gasteiger charge is 2.11. The second-order valence-corrected chi connectivity index (χ2v) is 2.90. The Morgan fingerprint density at radius 1 is 1.85 bits per heavy atom. The lowest BCUT2D eigenvalue weighted by molar-refractivity contribution is -0.137. The summed E-state index contributed by atoms with van der Waals surface area (Å²) in [6.07, 6.45) is 0.425. The molecule has 72 valence electrons. The molecule has 0 saturated heterocycles. The number of carboxylic acids is 1. The minimum atomic E-state index is -0.851. The number of nitrogens with two attached hydrogens (primary N) is 1. The fraction of sp³-hybridized carbons (Fsp3) is 0.500. The molecule has 1 atom stereocenters. The molecule has 5 heteroatoms. The summed E-state index contributed by atoms with van der Waals surface area (Å²) < 4.78 is 4.82. The summed E-state index contributed by atoms with van der Waals surface area (Å²) in [5, 5.41) is 12.1. The Morgan fingerprint density at radius 3 is 3.00 bits per heavy atom. The number of carbonyl (C=O) groups is 1. The van der Waals surface area contributed by atoms with Crippen molar-refractivity contribution in [3.8, 4) is 0 Å². The molecule has 13 heavy (non-hydrogen) atoms. The molecule has 3 N–H and O–H groups in total. The molecule has 0 saturated carbocycles. The Kier molecular flexibility index (Phi) is 3.02. The van der Waals surface area contributed by atoms with Crippen LogP contribution < -0.4 is 5.73 Å². The number of hydrogen-bond donors (Lipinski definition) is 2. The third-order valence-electron chi connectivity index (χ3n) is 1.70. The maximum atomic E-state index is 10.2. The van der Waals surface area contributed by atoms with E-state index in [2.05, 4.69) is 5.16 Å². The van der Waals surface area contributed by atoms with Crippen LogP contribution in [0.15, 0.2) is 10.6 Å². The van der Waals surface area contributed by atoms with E-state index in [1.54, 1.807) is 13.0 Å². The van der Waals surface area contributed by atoms with Gasteiger partial charge in [0.2, 0.25) is 0 Å². The first-order valence-electron chi connectivity index (χ1n) is 4.00. The highest BCUT2D eigenvalue weighted by atomic mass is 16.5. The summed E-state index contributed by atoms with van der Waals surface area (Å²) in [6.45, 7) is 1.76. The van der Waals surface area contributed by atoms with Crippen LogP contribution in [0, 0.1) is 6.92 Å². The van der Waals surface area contributed by atoms with Crippen LogP contribution in [0.2, 0.25) is 0 Å². The molecule has 0 radical (unpaired) electrons. The molecule has 1 aromatic heterocycles. The van der Waals surface area contributed by atoms with E-state index in [-0.39, 0.29) is 12.5 Å². The van der Waals surface area contributed by atoms with E-state index in [0.29, 0.717) is 17.9 Å². The van der Waals surface area contributed by atoms with E-state index in [1.807, 2.05) is 0 Å². The Hall–Kier alpha value is -1.36. The van der Waals surface area contributed by atoms with Crippen LogP contribution in [-0.4, -0.2) is 16.2 Å². The maximum absolute atomic E-state index is 10.2. The topological polar surface area (TPSA) is 89.4 Å². The van der Waals surface area contributed by atoms with Crippen molar-refractivity contribution in [3.63, 3.8) is 0 Å². The molecule has 0 aliphatic rings. The van der Waals surface area contributed by atoms with Gasteiger partial charge in [-0.2, -0.15) is 0 Å². The summed E-state index contributed by atoms with van der Waals surface area (Å²) >= 11 is 0. The van der Waals surface area contributed by atoms with E-state index in [4.69, 9.17) is 15.4 Å². The quantitative estimate of drug-likeness (QED) is 0.723. The average Bonchev–Trinajstić information content (AvgIpc) is 2.47. The van der Waals surface area contributed by atoms with Gasteiger partial charge in [-0.3, -0.25) is 4.79 Å². The van der Waals surface area contributed by atoms with Gasteiger partial charge in [-0.05, 0) is 13.3 Å². The van der Waals surface area contributed by atoms with Crippen molar-refractivity contribution in [3.05, 3.63) is 17.5 Å². The van der Waals surface area contributed by atoms with E-state index >= 15 is 0 Å². The smallest absolute Gasteiger partial charge is 0.303 e. The van der Waals surface area contributed by atoms with Gasteiger partial charge in [-0.15, -0.1) is 0 Å². The van der Waals surface area contributed by atoms with Gasteiger partial charge in [0.15, 0.2) is 0 Å². The van der Waals surface area contributed by atoms with E-state index in [0.717, 1.165) is 0 Å². The summed E-state index contributed by atoms with van der Waals surface area (Å²) in [6, 6.07) is 1.36. The van der Waals surface area contributed by atoms with Gasteiger partial charge in [0.25, 0.3) is 0 Å². The van der Waals surface area contributed by atoms with Gasteiger partial charge in [-0.25, -0.2) is 0 Å². The fourth-order valence-corrected chi connectivity index (χ4v) is 0.987. The number of carboxylic acid groups (broad SMARTS) is 1. The summed E-state index contributed by atoms with van der Waals surface area (Å²) in [5.74, 6) is -0.170. The SMILES string of the molecule is Cc1cc(C(N)CCC(=O)O)no1. The summed E-state index contributed by atoms with van der Waals surface area (Å²) in [4.78, 5) is 10.2. The monoisotopic (exact) mass is 184 g/mol. The molecular formula is C8H12N2O3. The predicted molar refractivity (Wildman–Crippen MR) is 45.0 cm³/mol. The number of aromatic nitrogens is 1. The fourth-order valence-electron chi connectivity index (χ4n) is 0.987. The largest absolute Gasteiger partial charge is 0.481 e. The van der Waals surface area contributed by atoms with Crippen molar-refractivity contribution in [1.82, 2.24) is 5.16 Å². The van der Waals surface area contributed by atoms with Crippen LogP contribution in [0.4, 0.5) is 0 Å². The number of aliphatic carboxylic acids is 1. The highest BCUT2D eigenvalue weighted by Crippen LogP contribution is 2.14. The maximum Gasteiger partial charge on any atom is 0.303 e. The molecular weight excluding hydrogens is 172 g/mol. The van der Waals surface area contributed by atoms with Crippen molar-refractivity contribution < 1.29 is 14.4 Å². The van der Waals surface area contributed by atoms with Crippen LogP contribution in [0.3, 0.4) is 0 Å². The molecule has 0 aliphatic carbocycles. The molecule has 0 aromatic carbocycles. The lowest BCUT2D eigenvalue weighted by Crippen LogP contribution is -2.12. The second-order valence-electron chi connectivity index (χ2n) is 2.90. The average molecular weight is 184 g/mol. The van der Waals surface area contributed by atoms with Gasteiger partial charge in [0.05, 0.1) is 6.04 Å². The lowest BCUT2D eigenvalue weighted by atomic mass is 10.1. The molecule has 1 aromatic rings. The van der Waals surface area contributed by atoms with E-state index in [9.17, 15) is 4.79 Å². The van der Waals surface area contributed by atoms with Gasteiger partial charge in [0.1, 0.15) is 11.5 Å². The zero-order chi connectivity index (χ0) is 9.84.